The van der Waals surface area contributed by atoms with Crippen LogP contribution in [0.2, 0.25) is 0 Å². The van der Waals surface area contributed by atoms with E-state index in [2.05, 4.69) is 5.32 Å². The molecule has 18 heavy (non-hydrogen) atoms. The summed E-state index contributed by atoms with van der Waals surface area (Å²) in [6, 6.07) is 6.91. The molecule has 5 heteroatoms. The van der Waals surface area contributed by atoms with Crippen molar-refractivity contribution >= 4 is 23.2 Å². The van der Waals surface area contributed by atoms with Crippen LogP contribution >= 0.6 is 11.6 Å². The van der Waals surface area contributed by atoms with Gasteiger partial charge in [0.15, 0.2) is 0 Å². The molecule has 1 N–H and O–H groups in total. The third kappa shape index (κ3) is 3.60. The van der Waals surface area contributed by atoms with Crippen LogP contribution in [0.3, 0.4) is 0 Å². The number of alkyl halides is 2. The number of hydrogen-bond acceptors (Lipinski definition) is 2. The van der Waals surface area contributed by atoms with Crippen molar-refractivity contribution in [3.05, 3.63) is 24.3 Å². The van der Waals surface area contributed by atoms with Crippen molar-refractivity contribution in [2.75, 3.05) is 5.32 Å². The van der Waals surface area contributed by atoms with Crippen molar-refractivity contribution in [3.8, 4) is 5.75 Å². The summed E-state index contributed by atoms with van der Waals surface area (Å²) in [6.45, 7) is 0. The molecule has 98 valence electrons. The molecule has 1 aromatic rings. The summed E-state index contributed by atoms with van der Waals surface area (Å²) in [6.07, 6.45) is 4.75. The van der Waals surface area contributed by atoms with Crippen molar-refractivity contribution < 1.29 is 13.9 Å². The minimum Gasteiger partial charge on any atom is -0.490 e. The molecule has 1 amide bonds. The van der Waals surface area contributed by atoms with Gasteiger partial charge in [0.2, 0.25) is 0 Å². The molecular formula is C13H15ClFNO2. The zero-order chi connectivity index (χ0) is 13.0. The van der Waals surface area contributed by atoms with Crippen molar-refractivity contribution in [1.29, 1.82) is 0 Å². The molecule has 1 atom stereocenters. The fourth-order valence-electron chi connectivity index (χ4n) is 2.04. The molecule has 0 radical (unpaired) electrons. The third-order valence-electron chi connectivity index (χ3n) is 2.90. The highest BCUT2D eigenvalue weighted by molar-refractivity contribution is 6.31. The number of ether oxygens (including phenoxy) is 1. The Labute approximate surface area is 110 Å². The fraction of sp³-hybridized carbons (Fsp3) is 0.462. The Morgan fingerprint density at radius 1 is 1.44 bits per heavy atom. The van der Waals surface area contributed by atoms with Crippen LogP contribution in [0.15, 0.2) is 24.3 Å². The summed E-state index contributed by atoms with van der Waals surface area (Å²) in [7, 11) is 0. The molecular weight excluding hydrogens is 257 g/mol. The highest BCUT2D eigenvalue weighted by Crippen LogP contribution is 2.25. The van der Waals surface area contributed by atoms with Gasteiger partial charge in [-0.25, -0.2) is 4.39 Å². The van der Waals surface area contributed by atoms with E-state index in [1.807, 2.05) is 6.07 Å². The zero-order valence-electron chi connectivity index (χ0n) is 9.86. The summed E-state index contributed by atoms with van der Waals surface area (Å²) in [4.78, 5) is 11.1. The van der Waals surface area contributed by atoms with E-state index in [0.29, 0.717) is 11.4 Å². The van der Waals surface area contributed by atoms with Crippen LogP contribution in [0.25, 0.3) is 0 Å². The maximum atomic E-state index is 12.5. The smallest absolute Gasteiger partial charge is 0.274 e. The number of anilines is 1. The lowest BCUT2D eigenvalue weighted by atomic mass is 10.2. The molecule has 0 bridgehead atoms. The molecule has 1 aromatic carbocycles. The lowest BCUT2D eigenvalue weighted by Gasteiger charge is -2.14. The minimum atomic E-state index is -2.04. The van der Waals surface area contributed by atoms with Crippen molar-refractivity contribution in [3.63, 3.8) is 0 Å². The van der Waals surface area contributed by atoms with Gasteiger partial charge >= 0.3 is 0 Å². The van der Waals surface area contributed by atoms with E-state index < -0.39 is 11.5 Å². The summed E-state index contributed by atoms with van der Waals surface area (Å²) in [5.41, 5.74) is -1.55. The maximum Gasteiger partial charge on any atom is 0.274 e. The Kier molecular flexibility index (Phi) is 4.42. The first-order valence-electron chi connectivity index (χ1n) is 6.01. The minimum absolute atomic E-state index is 0.248. The number of rotatable bonds is 4. The number of amides is 1. The number of benzene rings is 1. The van der Waals surface area contributed by atoms with Gasteiger partial charge in [-0.3, -0.25) is 4.79 Å². The van der Waals surface area contributed by atoms with Crippen molar-refractivity contribution in [2.24, 2.45) is 0 Å². The number of carbonyl (C=O) groups excluding carboxylic acids is 1. The normalized spacial score (nSPS) is 17.4. The van der Waals surface area contributed by atoms with Crippen molar-refractivity contribution in [1.82, 2.24) is 0 Å². The number of hydrogen-bond donors (Lipinski definition) is 1. The molecule has 1 aliphatic rings. The van der Waals surface area contributed by atoms with E-state index in [1.165, 1.54) is 12.8 Å². The van der Waals surface area contributed by atoms with Crippen LogP contribution in [0.5, 0.6) is 5.75 Å². The standard InChI is InChI=1S/C13H15ClFNO2/c14-12(15)13(17)16-9-4-3-7-11(8-9)18-10-5-1-2-6-10/h3-4,7-8,10,12H,1-2,5-6H2,(H,16,17). The van der Waals surface area contributed by atoms with Crippen LogP contribution < -0.4 is 10.1 Å². The number of carbonyl (C=O) groups is 1. The predicted molar refractivity (Wildman–Crippen MR) is 68.7 cm³/mol. The molecule has 3 nitrogen and oxygen atoms in total. The fourth-order valence-corrected chi connectivity index (χ4v) is 2.10. The topological polar surface area (TPSA) is 38.3 Å². The maximum absolute atomic E-state index is 12.5. The average Bonchev–Trinajstić information content (AvgIpc) is 2.82. The Hall–Kier alpha value is -1.29. The first kappa shape index (κ1) is 13.1. The highest BCUT2D eigenvalue weighted by Gasteiger charge is 2.17. The van der Waals surface area contributed by atoms with Gasteiger partial charge in [0.05, 0.1) is 6.10 Å². The van der Waals surface area contributed by atoms with E-state index in [0.717, 1.165) is 12.8 Å². The molecule has 0 aromatic heterocycles. The molecule has 0 heterocycles. The Balaban J connectivity index is 1.98. The van der Waals surface area contributed by atoms with E-state index in [-0.39, 0.29) is 6.10 Å². The van der Waals surface area contributed by atoms with Gasteiger partial charge in [0.1, 0.15) is 5.75 Å². The first-order chi connectivity index (χ1) is 8.65. The second-order valence-corrected chi connectivity index (χ2v) is 4.73. The van der Waals surface area contributed by atoms with Crippen LogP contribution in [0.4, 0.5) is 10.1 Å². The molecule has 0 aliphatic heterocycles. The van der Waals surface area contributed by atoms with Crippen molar-refractivity contribution in [2.45, 2.75) is 37.4 Å². The molecule has 1 fully saturated rings. The molecule has 1 aliphatic carbocycles. The Bertz CT molecular complexity index is 419. The zero-order valence-corrected chi connectivity index (χ0v) is 10.6. The number of nitrogens with one attached hydrogen (secondary N) is 1. The van der Waals surface area contributed by atoms with Gasteiger partial charge in [-0.05, 0) is 37.8 Å². The Morgan fingerprint density at radius 2 is 2.17 bits per heavy atom. The van der Waals surface area contributed by atoms with Gasteiger partial charge in [-0.2, -0.15) is 0 Å². The van der Waals surface area contributed by atoms with Gasteiger partial charge in [0, 0.05) is 11.8 Å². The van der Waals surface area contributed by atoms with Crippen LogP contribution in [0.1, 0.15) is 25.7 Å². The van der Waals surface area contributed by atoms with E-state index in [1.54, 1.807) is 18.2 Å². The summed E-state index contributed by atoms with van der Waals surface area (Å²) in [5, 5.41) is 2.38. The monoisotopic (exact) mass is 271 g/mol. The van der Waals surface area contributed by atoms with Crippen LogP contribution in [0, 0.1) is 0 Å². The molecule has 1 saturated carbocycles. The van der Waals surface area contributed by atoms with E-state index >= 15 is 0 Å². The molecule has 2 rings (SSSR count). The van der Waals surface area contributed by atoms with E-state index in [4.69, 9.17) is 16.3 Å². The number of halogens is 2. The quantitative estimate of drug-likeness (QED) is 0.852. The van der Waals surface area contributed by atoms with Gasteiger partial charge in [0.25, 0.3) is 11.5 Å². The highest BCUT2D eigenvalue weighted by atomic mass is 35.5. The molecule has 0 saturated heterocycles. The van der Waals surface area contributed by atoms with Gasteiger partial charge < -0.3 is 10.1 Å². The van der Waals surface area contributed by atoms with Gasteiger partial charge in [-0.1, -0.05) is 17.7 Å². The summed E-state index contributed by atoms with van der Waals surface area (Å²) >= 11 is 5.05. The second kappa shape index (κ2) is 6.05. The predicted octanol–water partition coefficient (Wildman–Crippen LogP) is 3.48. The third-order valence-corrected chi connectivity index (χ3v) is 3.10. The average molecular weight is 272 g/mol. The lowest BCUT2D eigenvalue weighted by Crippen LogP contribution is -2.19. The summed E-state index contributed by atoms with van der Waals surface area (Å²) in [5.74, 6) is -0.181. The molecule has 0 spiro atoms. The largest absolute Gasteiger partial charge is 0.490 e. The SMILES string of the molecule is O=C(Nc1cccc(OC2CCCC2)c1)C(F)Cl. The second-order valence-electron chi connectivity index (χ2n) is 4.34. The lowest BCUT2D eigenvalue weighted by molar-refractivity contribution is -0.118. The van der Waals surface area contributed by atoms with Crippen LogP contribution in [-0.2, 0) is 4.79 Å². The van der Waals surface area contributed by atoms with Crippen LogP contribution in [-0.4, -0.2) is 17.6 Å². The Morgan fingerprint density at radius 3 is 2.83 bits per heavy atom. The first-order valence-corrected chi connectivity index (χ1v) is 6.44. The van der Waals surface area contributed by atoms with E-state index in [9.17, 15) is 9.18 Å². The summed E-state index contributed by atoms with van der Waals surface area (Å²) < 4.78 is 18.3. The molecule has 1 unspecified atom stereocenters. The van der Waals surface area contributed by atoms with Gasteiger partial charge in [-0.15, -0.1) is 0 Å².